The minimum atomic E-state index is -0.0176. The zero-order valence-corrected chi connectivity index (χ0v) is 11.4. The summed E-state index contributed by atoms with van der Waals surface area (Å²) in [7, 11) is 1.75. The smallest absolute Gasteiger partial charge is 0.248 e. The summed E-state index contributed by atoms with van der Waals surface area (Å²) in [6, 6.07) is 9.17. The number of anilines is 2. The van der Waals surface area contributed by atoms with E-state index in [0.717, 1.165) is 17.1 Å². The Labute approximate surface area is 112 Å². The molecule has 0 aliphatic carbocycles. The number of carbonyl (C=O) groups is 1. The molecule has 0 aliphatic heterocycles. The van der Waals surface area contributed by atoms with Gasteiger partial charge >= 0.3 is 0 Å². The van der Waals surface area contributed by atoms with Gasteiger partial charge in [0.2, 0.25) is 5.91 Å². The third kappa shape index (κ3) is 2.93. The molecule has 2 aromatic rings. The number of nitrogens with two attached hydrogens (primary N) is 1. The molecule has 0 fully saturated rings. The third-order valence-electron chi connectivity index (χ3n) is 3.04. The van der Waals surface area contributed by atoms with E-state index < -0.39 is 0 Å². The van der Waals surface area contributed by atoms with E-state index in [1.54, 1.807) is 28.8 Å². The zero-order valence-electron chi connectivity index (χ0n) is 11.4. The summed E-state index contributed by atoms with van der Waals surface area (Å²) in [6.07, 6.45) is 0. The first kappa shape index (κ1) is 13.1. The molecule has 0 saturated carbocycles. The molecule has 19 heavy (non-hydrogen) atoms. The lowest BCUT2D eigenvalue weighted by molar-refractivity contribution is -0.119. The Balaban J connectivity index is 2.11. The van der Waals surface area contributed by atoms with Gasteiger partial charge in [-0.05, 0) is 44.2 Å². The van der Waals surface area contributed by atoms with Gasteiger partial charge in [-0.25, -0.2) is 0 Å². The van der Waals surface area contributed by atoms with Crippen LogP contribution in [0.25, 0.3) is 0 Å². The molecule has 0 spiro atoms. The van der Waals surface area contributed by atoms with Crippen LogP contribution < -0.4 is 10.6 Å². The first-order chi connectivity index (χ1) is 8.97. The molecular weight excluding hydrogens is 240 g/mol. The van der Waals surface area contributed by atoms with Crippen molar-refractivity contribution in [3.05, 3.63) is 41.7 Å². The summed E-state index contributed by atoms with van der Waals surface area (Å²) >= 11 is 0. The molecule has 0 saturated heterocycles. The number of carbonyl (C=O) groups excluding carboxylic acids is 1. The monoisotopic (exact) mass is 258 g/mol. The summed E-state index contributed by atoms with van der Waals surface area (Å²) < 4.78 is 1.71. The highest BCUT2D eigenvalue weighted by molar-refractivity contribution is 5.92. The first-order valence-corrected chi connectivity index (χ1v) is 6.10. The number of hydrogen-bond acceptors (Lipinski definition) is 3. The van der Waals surface area contributed by atoms with Gasteiger partial charge in [0.25, 0.3) is 0 Å². The van der Waals surface area contributed by atoms with Crippen LogP contribution in [0.5, 0.6) is 0 Å². The average Bonchev–Trinajstić information content (AvgIpc) is 2.68. The van der Waals surface area contributed by atoms with Crippen LogP contribution in [0.2, 0.25) is 0 Å². The van der Waals surface area contributed by atoms with Gasteiger partial charge in [0.05, 0.1) is 5.69 Å². The number of likely N-dealkylation sites (N-methyl/N-ethyl adjacent to an activating group) is 1. The highest BCUT2D eigenvalue weighted by atomic mass is 16.2. The summed E-state index contributed by atoms with van der Waals surface area (Å²) in [5.41, 5.74) is 9.04. The van der Waals surface area contributed by atoms with Crippen molar-refractivity contribution in [1.82, 2.24) is 9.78 Å². The molecule has 100 valence electrons. The minimum Gasteiger partial charge on any atom is -0.399 e. The van der Waals surface area contributed by atoms with Crippen molar-refractivity contribution in [3.63, 3.8) is 0 Å². The van der Waals surface area contributed by atoms with E-state index in [2.05, 4.69) is 5.10 Å². The molecule has 1 aromatic heterocycles. The van der Waals surface area contributed by atoms with Crippen LogP contribution in [-0.4, -0.2) is 22.7 Å². The van der Waals surface area contributed by atoms with Gasteiger partial charge in [0.1, 0.15) is 6.54 Å². The molecule has 0 unspecified atom stereocenters. The van der Waals surface area contributed by atoms with Crippen molar-refractivity contribution >= 4 is 17.3 Å². The standard InChI is InChI=1S/C14H18N4O/c1-10-8-11(2)18(16-10)9-14(19)17(3)13-6-4-12(15)5-7-13/h4-8H,9,15H2,1-3H3. The van der Waals surface area contributed by atoms with Crippen LogP contribution in [0.15, 0.2) is 30.3 Å². The fourth-order valence-corrected chi connectivity index (χ4v) is 1.91. The van der Waals surface area contributed by atoms with Crippen LogP contribution in [0.4, 0.5) is 11.4 Å². The summed E-state index contributed by atoms with van der Waals surface area (Å²) in [6.45, 7) is 4.09. The molecular formula is C14H18N4O. The third-order valence-corrected chi connectivity index (χ3v) is 3.04. The van der Waals surface area contributed by atoms with Crippen LogP contribution in [0, 0.1) is 13.8 Å². The van der Waals surface area contributed by atoms with Crippen molar-refractivity contribution in [2.24, 2.45) is 0 Å². The second kappa shape index (κ2) is 5.14. The Bertz CT molecular complexity index is 586. The predicted octanol–water partition coefficient (Wildman–Crippen LogP) is 1.75. The average molecular weight is 258 g/mol. The maximum absolute atomic E-state index is 12.2. The Morgan fingerprint density at radius 3 is 2.47 bits per heavy atom. The number of benzene rings is 1. The molecule has 0 atom stereocenters. The van der Waals surface area contributed by atoms with E-state index in [4.69, 9.17) is 5.73 Å². The zero-order chi connectivity index (χ0) is 14.0. The highest BCUT2D eigenvalue weighted by Gasteiger charge is 2.13. The maximum atomic E-state index is 12.2. The van der Waals surface area contributed by atoms with Crippen molar-refractivity contribution in [2.45, 2.75) is 20.4 Å². The second-order valence-electron chi connectivity index (χ2n) is 4.63. The SMILES string of the molecule is Cc1cc(C)n(CC(=O)N(C)c2ccc(N)cc2)n1. The highest BCUT2D eigenvalue weighted by Crippen LogP contribution is 2.15. The van der Waals surface area contributed by atoms with Gasteiger partial charge in [-0.15, -0.1) is 0 Å². The van der Waals surface area contributed by atoms with Crippen molar-refractivity contribution in [1.29, 1.82) is 0 Å². The molecule has 2 N–H and O–H groups in total. The van der Waals surface area contributed by atoms with Crippen LogP contribution in [-0.2, 0) is 11.3 Å². The molecule has 5 heteroatoms. The summed E-state index contributed by atoms with van der Waals surface area (Å²) in [5.74, 6) is -0.0176. The number of hydrogen-bond donors (Lipinski definition) is 1. The second-order valence-corrected chi connectivity index (χ2v) is 4.63. The van der Waals surface area contributed by atoms with Gasteiger partial charge in [0, 0.05) is 24.1 Å². The Hall–Kier alpha value is -2.30. The van der Waals surface area contributed by atoms with Gasteiger partial charge in [-0.1, -0.05) is 0 Å². The van der Waals surface area contributed by atoms with E-state index in [1.165, 1.54) is 0 Å². The van der Waals surface area contributed by atoms with Crippen molar-refractivity contribution in [2.75, 3.05) is 17.7 Å². The van der Waals surface area contributed by atoms with Gasteiger partial charge in [0.15, 0.2) is 0 Å². The number of amides is 1. The van der Waals surface area contributed by atoms with Crippen LogP contribution >= 0.6 is 0 Å². The molecule has 2 rings (SSSR count). The van der Waals surface area contributed by atoms with Gasteiger partial charge < -0.3 is 10.6 Å². The predicted molar refractivity (Wildman–Crippen MR) is 76.0 cm³/mol. The Morgan fingerprint density at radius 2 is 1.95 bits per heavy atom. The van der Waals surface area contributed by atoms with Gasteiger partial charge in [-0.3, -0.25) is 9.48 Å². The Kier molecular flexibility index (Phi) is 3.55. The van der Waals surface area contributed by atoms with Crippen molar-refractivity contribution in [3.8, 4) is 0 Å². The fraction of sp³-hybridized carbons (Fsp3) is 0.286. The lowest BCUT2D eigenvalue weighted by Gasteiger charge is -2.18. The van der Waals surface area contributed by atoms with E-state index >= 15 is 0 Å². The Morgan fingerprint density at radius 1 is 1.32 bits per heavy atom. The molecule has 0 radical (unpaired) electrons. The van der Waals surface area contributed by atoms with Crippen molar-refractivity contribution < 1.29 is 4.79 Å². The molecule has 1 amide bonds. The number of nitrogen functional groups attached to an aromatic ring is 1. The molecule has 0 aliphatic rings. The van der Waals surface area contributed by atoms with Crippen LogP contribution in [0.1, 0.15) is 11.4 Å². The fourth-order valence-electron chi connectivity index (χ4n) is 1.91. The summed E-state index contributed by atoms with van der Waals surface area (Å²) in [4.78, 5) is 13.8. The van der Waals surface area contributed by atoms with Gasteiger partial charge in [-0.2, -0.15) is 5.10 Å². The quantitative estimate of drug-likeness (QED) is 0.853. The number of aromatic nitrogens is 2. The molecule has 1 heterocycles. The van der Waals surface area contributed by atoms with E-state index in [-0.39, 0.29) is 12.5 Å². The van der Waals surface area contributed by atoms with Crippen LogP contribution in [0.3, 0.4) is 0 Å². The normalized spacial score (nSPS) is 10.5. The number of rotatable bonds is 3. The van der Waals surface area contributed by atoms with E-state index in [0.29, 0.717) is 5.69 Å². The minimum absolute atomic E-state index is 0.0176. The van der Waals surface area contributed by atoms with E-state index in [1.807, 2.05) is 32.0 Å². The molecule has 1 aromatic carbocycles. The first-order valence-electron chi connectivity index (χ1n) is 6.10. The lowest BCUT2D eigenvalue weighted by Crippen LogP contribution is -2.30. The maximum Gasteiger partial charge on any atom is 0.248 e. The number of aryl methyl sites for hydroxylation is 2. The molecule has 0 bridgehead atoms. The van der Waals surface area contributed by atoms with E-state index in [9.17, 15) is 4.79 Å². The molecule has 5 nitrogen and oxygen atoms in total. The largest absolute Gasteiger partial charge is 0.399 e. The lowest BCUT2D eigenvalue weighted by atomic mass is 10.2. The number of nitrogens with zero attached hydrogens (tertiary/aromatic N) is 3. The topological polar surface area (TPSA) is 64.2 Å². The summed E-state index contributed by atoms with van der Waals surface area (Å²) in [5, 5.41) is 4.29.